The highest BCUT2D eigenvalue weighted by Crippen LogP contribution is 2.22. The summed E-state index contributed by atoms with van der Waals surface area (Å²) in [4.78, 5) is 2.71. The van der Waals surface area contributed by atoms with Crippen LogP contribution < -0.4 is 4.72 Å². The summed E-state index contributed by atoms with van der Waals surface area (Å²) in [5, 5.41) is 0. The zero-order valence-electron chi connectivity index (χ0n) is 11.9. The number of hydrogen-bond donors (Lipinski definition) is 1. The lowest BCUT2D eigenvalue weighted by Crippen LogP contribution is -2.44. The predicted molar refractivity (Wildman–Crippen MR) is 84.3 cm³/mol. The smallest absolute Gasteiger partial charge is 0.241 e. The lowest BCUT2D eigenvalue weighted by Gasteiger charge is -2.31. The van der Waals surface area contributed by atoms with E-state index in [0.29, 0.717) is 4.90 Å². The third kappa shape index (κ3) is 3.81. The lowest BCUT2D eigenvalue weighted by molar-refractivity contribution is 0.217. The minimum Gasteiger partial charge on any atom is -0.303 e. The van der Waals surface area contributed by atoms with Gasteiger partial charge < -0.3 is 4.90 Å². The molecule has 1 N–H and O–H groups in total. The Morgan fingerprint density at radius 2 is 2.00 bits per heavy atom. The molecule has 2 rings (SSSR count). The van der Waals surface area contributed by atoms with Gasteiger partial charge in [0, 0.05) is 10.5 Å². The lowest BCUT2D eigenvalue weighted by atomic mass is 10.1. The number of nitrogens with one attached hydrogen (secondary N) is 1. The summed E-state index contributed by atoms with van der Waals surface area (Å²) < 4.78 is 28.6. The second-order valence-corrected chi connectivity index (χ2v) is 7.84. The van der Waals surface area contributed by atoms with Crippen molar-refractivity contribution >= 4 is 26.0 Å². The molecule has 0 saturated carbocycles. The zero-order chi connectivity index (χ0) is 14.8. The number of halogens is 1. The Balaban J connectivity index is 2.10. The molecule has 0 aromatic heterocycles. The molecule has 1 aliphatic rings. The average molecular weight is 361 g/mol. The van der Waals surface area contributed by atoms with Gasteiger partial charge in [-0.05, 0) is 57.1 Å². The highest BCUT2D eigenvalue weighted by molar-refractivity contribution is 9.10. The van der Waals surface area contributed by atoms with E-state index in [1.54, 1.807) is 6.07 Å². The third-order valence-electron chi connectivity index (χ3n) is 3.80. The molecular formula is C14H21BrN2O2S. The van der Waals surface area contributed by atoms with Crippen LogP contribution in [0.1, 0.15) is 25.3 Å². The van der Waals surface area contributed by atoms with Crippen LogP contribution in [0.15, 0.2) is 27.6 Å². The number of nitrogens with zero attached hydrogens (tertiary/aromatic N) is 1. The van der Waals surface area contributed by atoms with E-state index in [-0.39, 0.29) is 6.04 Å². The van der Waals surface area contributed by atoms with Gasteiger partial charge in [0.1, 0.15) is 0 Å². The van der Waals surface area contributed by atoms with E-state index < -0.39 is 10.0 Å². The second kappa shape index (κ2) is 6.56. The molecule has 0 amide bonds. The van der Waals surface area contributed by atoms with Crippen LogP contribution >= 0.6 is 15.9 Å². The molecular weight excluding hydrogens is 340 g/mol. The SMILES string of the molecule is CCN1CCC(NS(=O)(=O)c2cc(Br)ccc2C)CC1. The van der Waals surface area contributed by atoms with E-state index in [4.69, 9.17) is 0 Å². The van der Waals surface area contributed by atoms with Crippen molar-refractivity contribution in [1.29, 1.82) is 0 Å². The summed E-state index contributed by atoms with van der Waals surface area (Å²) in [5.74, 6) is 0. The van der Waals surface area contributed by atoms with Crippen molar-refractivity contribution in [3.8, 4) is 0 Å². The van der Waals surface area contributed by atoms with Crippen molar-refractivity contribution in [1.82, 2.24) is 9.62 Å². The Labute approximate surface area is 129 Å². The summed E-state index contributed by atoms with van der Waals surface area (Å²) >= 11 is 3.33. The van der Waals surface area contributed by atoms with Gasteiger partial charge in [-0.25, -0.2) is 13.1 Å². The van der Waals surface area contributed by atoms with E-state index in [1.165, 1.54) is 0 Å². The maximum atomic E-state index is 12.5. The number of likely N-dealkylation sites (tertiary alicyclic amines) is 1. The molecule has 6 heteroatoms. The standard InChI is InChI=1S/C14H21BrN2O2S/c1-3-17-8-6-13(7-9-17)16-20(18,19)14-10-12(15)5-4-11(14)2/h4-5,10,13,16H,3,6-9H2,1-2H3. The molecule has 0 spiro atoms. The molecule has 1 aromatic carbocycles. The third-order valence-corrected chi connectivity index (χ3v) is 5.95. The van der Waals surface area contributed by atoms with Gasteiger partial charge in [0.05, 0.1) is 4.90 Å². The van der Waals surface area contributed by atoms with Gasteiger partial charge >= 0.3 is 0 Å². The van der Waals surface area contributed by atoms with Crippen molar-refractivity contribution in [2.75, 3.05) is 19.6 Å². The summed E-state index contributed by atoms with van der Waals surface area (Å²) in [7, 11) is -3.44. The largest absolute Gasteiger partial charge is 0.303 e. The Morgan fingerprint density at radius 1 is 1.35 bits per heavy atom. The first-order valence-corrected chi connectivity index (χ1v) is 9.21. The molecule has 1 aliphatic heterocycles. The maximum Gasteiger partial charge on any atom is 0.241 e. The molecule has 0 atom stereocenters. The van der Waals surface area contributed by atoms with E-state index in [1.807, 2.05) is 19.1 Å². The Kier molecular flexibility index (Phi) is 5.23. The van der Waals surface area contributed by atoms with Gasteiger partial charge in [0.15, 0.2) is 0 Å². The van der Waals surface area contributed by atoms with Crippen LogP contribution in [0, 0.1) is 6.92 Å². The van der Waals surface area contributed by atoms with Crippen LogP contribution in [0.25, 0.3) is 0 Å². The fourth-order valence-corrected chi connectivity index (χ4v) is 4.60. The molecule has 0 unspecified atom stereocenters. The number of piperidine rings is 1. The van der Waals surface area contributed by atoms with E-state index >= 15 is 0 Å². The molecule has 1 heterocycles. The molecule has 0 radical (unpaired) electrons. The summed E-state index contributed by atoms with van der Waals surface area (Å²) in [6.45, 7) is 6.91. The number of hydrogen-bond acceptors (Lipinski definition) is 3. The van der Waals surface area contributed by atoms with Crippen molar-refractivity contribution in [2.24, 2.45) is 0 Å². The molecule has 4 nitrogen and oxygen atoms in total. The van der Waals surface area contributed by atoms with Crippen LogP contribution in [-0.2, 0) is 10.0 Å². The van der Waals surface area contributed by atoms with Crippen LogP contribution in [0.3, 0.4) is 0 Å². The minimum absolute atomic E-state index is 0.0428. The summed E-state index contributed by atoms with van der Waals surface area (Å²) in [6.07, 6.45) is 1.75. The number of rotatable bonds is 4. The summed E-state index contributed by atoms with van der Waals surface area (Å²) in [6, 6.07) is 5.38. The Bertz CT molecular complexity index is 567. The fraction of sp³-hybridized carbons (Fsp3) is 0.571. The van der Waals surface area contributed by atoms with Crippen molar-refractivity contribution < 1.29 is 8.42 Å². The van der Waals surface area contributed by atoms with E-state index in [0.717, 1.165) is 42.5 Å². The quantitative estimate of drug-likeness (QED) is 0.897. The predicted octanol–water partition coefficient (Wildman–Crippen LogP) is 2.52. The minimum atomic E-state index is -3.44. The molecule has 0 aliphatic carbocycles. The van der Waals surface area contributed by atoms with Crippen molar-refractivity contribution in [2.45, 2.75) is 37.6 Å². The monoisotopic (exact) mass is 360 g/mol. The number of benzene rings is 1. The van der Waals surface area contributed by atoms with Crippen LogP contribution in [0.2, 0.25) is 0 Å². The molecule has 112 valence electrons. The van der Waals surface area contributed by atoms with Crippen LogP contribution in [0.4, 0.5) is 0 Å². The van der Waals surface area contributed by atoms with Gasteiger partial charge in [0.25, 0.3) is 0 Å². The summed E-state index contributed by atoms with van der Waals surface area (Å²) in [5.41, 5.74) is 0.770. The van der Waals surface area contributed by atoms with E-state index in [9.17, 15) is 8.42 Å². The van der Waals surface area contributed by atoms with Crippen molar-refractivity contribution in [3.63, 3.8) is 0 Å². The molecule has 0 bridgehead atoms. The van der Waals surface area contributed by atoms with Gasteiger partial charge in [-0.3, -0.25) is 0 Å². The Morgan fingerprint density at radius 3 is 2.60 bits per heavy atom. The second-order valence-electron chi connectivity index (χ2n) is 5.24. The van der Waals surface area contributed by atoms with Gasteiger partial charge in [-0.1, -0.05) is 28.9 Å². The molecule has 1 fully saturated rings. The molecule has 1 aromatic rings. The normalized spacial score (nSPS) is 18.4. The molecule has 20 heavy (non-hydrogen) atoms. The van der Waals surface area contributed by atoms with Gasteiger partial charge in [0.2, 0.25) is 10.0 Å². The van der Waals surface area contributed by atoms with Crippen LogP contribution in [0.5, 0.6) is 0 Å². The van der Waals surface area contributed by atoms with E-state index in [2.05, 4.69) is 32.5 Å². The highest BCUT2D eigenvalue weighted by atomic mass is 79.9. The van der Waals surface area contributed by atoms with Gasteiger partial charge in [-0.2, -0.15) is 0 Å². The number of sulfonamides is 1. The van der Waals surface area contributed by atoms with Crippen molar-refractivity contribution in [3.05, 3.63) is 28.2 Å². The maximum absolute atomic E-state index is 12.5. The van der Waals surface area contributed by atoms with Crippen LogP contribution in [-0.4, -0.2) is 39.0 Å². The fourth-order valence-electron chi connectivity index (χ4n) is 2.51. The average Bonchev–Trinajstić information content (AvgIpc) is 2.42. The topological polar surface area (TPSA) is 49.4 Å². The first kappa shape index (κ1) is 15.9. The first-order chi connectivity index (χ1) is 9.42. The number of aryl methyl sites for hydroxylation is 1. The highest BCUT2D eigenvalue weighted by Gasteiger charge is 2.25. The zero-order valence-corrected chi connectivity index (χ0v) is 14.3. The molecule has 1 saturated heterocycles. The Hall–Kier alpha value is -0.430. The first-order valence-electron chi connectivity index (χ1n) is 6.93. The van der Waals surface area contributed by atoms with Gasteiger partial charge in [-0.15, -0.1) is 0 Å².